The van der Waals surface area contributed by atoms with Gasteiger partial charge in [-0.05, 0) is 51.5 Å². The van der Waals surface area contributed by atoms with E-state index in [0.717, 1.165) is 43.6 Å². The van der Waals surface area contributed by atoms with Crippen LogP contribution in [0.4, 0.5) is 23.5 Å². The molecule has 3 aliphatic heterocycles. The van der Waals surface area contributed by atoms with E-state index in [1.54, 1.807) is 4.90 Å². The van der Waals surface area contributed by atoms with Crippen LogP contribution in [0.5, 0.6) is 0 Å². The standard InChI is InChI=1S/C20H26FN5O2.C2HF3O2/c1-13-8-14(2)23-18(22-13)25-7-3-6-19(10-25)9-16(24-28-19)17(27)26-11-20(21,12-26)15-4-5-15;3-2(4,5)1(6)7/h8,15H,3-7,9-12H2,1-2H3;(H,6,7). The summed E-state index contributed by atoms with van der Waals surface area (Å²) in [7, 11) is 0. The lowest BCUT2D eigenvalue weighted by molar-refractivity contribution is -0.192. The second-order valence-electron chi connectivity index (χ2n) is 9.74. The Morgan fingerprint density at radius 2 is 1.74 bits per heavy atom. The van der Waals surface area contributed by atoms with Gasteiger partial charge in [0.15, 0.2) is 5.60 Å². The summed E-state index contributed by atoms with van der Waals surface area (Å²) in [6.45, 7) is 5.78. The molecule has 9 nitrogen and oxygen atoms in total. The number of rotatable bonds is 3. The van der Waals surface area contributed by atoms with Crippen LogP contribution in [0.15, 0.2) is 11.2 Å². The smallest absolute Gasteiger partial charge is 0.475 e. The third-order valence-corrected chi connectivity index (χ3v) is 6.62. The van der Waals surface area contributed by atoms with Gasteiger partial charge >= 0.3 is 12.1 Å². The van der Waals surface area contributed by atoms with Crippen molar-refractivity contribution in [1.82, 2.24) is 14.9 Å². The van der Waals surface area contributed by atoms with Crippen LogP contribution in [0, 0.1) is 19.8 Å². The number of aryl methyl sites for hydroxylation is 2. The maximum absolute atomic E-state index is 14.6. The zero-order valence-electron chi connectivity index (χ0n) is 19.4. The number of aromatic nitrogens is 2. The summed E-state index contributed by atoms with van der Waals surface area (Å²) in [6.07, 6.45) is -0.966. The van der Waals surface area contributed by atoms with Gasteiger partial charge in [-0.25, -0.2) is 19.2 Å². The monoisotopic (exact) mass is 501 g/mol. The maximum atomic E-state index is 14.6. The number of hydrogen-bond donors (Lipinski definition) is 1. The number of carbonyl (C=O) groups is 2. The first-order chi connectivity index (χ1) is 16.3. The number of carboxylic acid groups (broad SMARTS) is 1. The van der Waals surface area contributed by atoms with Gasteiger partial charge in [-0.15, -0.1) is 0 Å². The van der Waals surface area contributed by atoms with Gasteiger partial charge in [0.25, 0.3) is 5.91 Å². The van der Waals surface area contributed by atoms with Gasteiger partial charge in [-0.3, -0.25) is 4.79 Å². The van der Waals surface area contributed by atoms with E-state index in [1.165, 1.54) is 0 Å². The second kappa shape index (κ2) is 8.90. The van der Waals surface area contributed by atoms with E-state index in [0.29, 0.717) is 24.6 Å². The van der Waals surface area contributed by atoms with E-state index in [1.807, 2.05) is 19.9 Å². The molecule has 4 heterocycles. The molecule has 192 valence electrons. The molecule has 1 atom stereocenters. The molecule has 1 unspecified atom stereocenters. The number of hydrogen-bond acceptors (Lipinski definition) is 7. The number of likely N-dealkylation sites (tertiary alicyclic amines) is 1. The summed E-state index contributed by atoms with van der Waals surface area (Å²) in [5, 5.41) is 11.2. The molecule has 1 aromatic rings. The summed E-state index contributed by atoms with van der Waals surface area (Å²) in [4.78, 5) is 40.3. The SMILES string of the molecule is Cc1cc(C)nc(N2CCCC3(CC(C(=O)N4CC(F)(C5CC5)C4)=NO3)C2)n1.O=C(O)C(F)(F)F. The molecular formula is C22H27F4N5O4. The van der Waals surface area contributed by atoms with Crippen molar-refractivity contribution in [2.45, 2.75) is 63.4 Å². The number of amides is 1. The summed E-state index contributed by atoms with van der Waals surface area (Å²) in [5.41, 5.74) is 0.601. The number of piperidine rings is 1. The number of anilines is 1. The van der Waals surface area contributed by atoms with Crippen LogP contribution < -0.4 is 4.90 Å². The molecule has 4 aliphatic rings. The van der Waals surface area contributed by atoms with Gasteiger partial charge in [0, 0.05) is 24.4 Å². The van der Waals surface area contributed by atoms with Crippen molar-refractivity contribution in [2.24, 2.45) is 11.1 Å². The summed E-state index contributed by atoms with van der Waals surface area (Å²) < 4.78 is 46.3. The number of nitrogens with zero attached hydrogens (tertiary/aromatic N) is 5. The Hall–Kier alpha value is -2.99. The van der Waals surface area contributed by atoms with Gasteiger partial charge in [-0.1, -0.05) is 5.16 Å². The number of oxime groups is 1. The van der Waals surface area contributed by atoms with E-state index in [4.69, 9.17) is 14.7 Å². The Balaban J connectivity index is 0.000000364. The zero-order valence-corrected chi connectivity index (χ0v) is 19.4. The molecule has 1 aliphatic carbocycles. The highest BCUT2D eigenvalue weighted by Gasteiger charge is 2.56. The Morgan fingerprint density at radius 1 is 1.14 bits per heavy atom. The number of alkyl halides is 4. The third kappa shape index (κ3) is 5.48. The first-order valence-electron chi connectivity index (χ1n) is 11.4. The number of aliphatic carboxylic acids is 1. The summed E-state index contributed by atoms with van der Waals surface area (Å²) >= 11 is 0. The lowest BCUT2D eigenvalue weighted by Gasteiger charge is -2.44. The molecule has 1 N–H and O–H groups in total. The van der Waals surface area contributed by atoms with Crippen molar-refractivity contribution in [1.29, 1.82) is 0 Å². The number of halogens is 4. The van der Waals surface area contributed by atoms with Crippen molar-refractivity contribution in [2.75, 3.05) is 31.1 Å². The van der Waals surface area contributed by atoms with Gasteiger partial charge in [0.05, 0.1) is 19.6 Å². The zero-order chi connectivity index (χ0) is 25.6. The normalized spacial score (nSPS) is 25.3. The fourth-order valence-corrected chi connectivity index (χ4v) is 4.75. The topological polar surface area (TPSA) is 108 Å². The van der Waals surface area contributed by atoms with Crippen LogP contribution in [0.1, 0.15) is 43.5 Å². The van der Waals surface area contributed by atoms with E-state index in [2.05, 4.69) is 20.0 Å². The first-order valence-corrected chi connectivity index (χ1v) is 11.4. The van der Waals surface area contributed by atoms with E-state index in [-0.39, 0.29) is 24.9 Å². The molecule has 1 aromatic heterocycles. The maximum Gasteiger partial charge on any atom is 0.490 e. The first kappa shape index (κ1) is 25.1. The Morgan fingerprint density at radius 3 is 2.29 bits per heavy atom. The molecule has 0 aromatic carbocycles. The van der Waals surface area contributed by atoms with Crippen molar-refractivity contribution in [3.63, 3.8) is 0 Å². The molecule has 1 spiro atoms. The van der Waals surface area contributed by atoms with Crippen LogP contribution in [0.2, 0.25) is 0 Å². The van der Waals surface area contributed by atoms with E-state index in [9.17, 15) is 22.4 Å². The van der Waals surface area contributed by atoms with E-state index >= 15 is 0 Å². The molecular weight excluding hydrogens is 474 g/mol. The molecule has 3 fully saturated rings. The highest BCUT2D eigenvalue weighted by Crippen LogP contribution is 2.47. The molecule has 35 heavy (non-hydrogen) atoms. The lowest BCUT2D eigenvalue weighted by atomic mass is 9.86. The minimum atomic E-state index is -5.08. The van der Waals surface area contributed by atoms with Crippen LogP contribution in [0.25, 0.3) is 0 Å². The Labute approximate surface area is 199 Å². The van der Waals surface area contributed by atoms with Crippen molar-refractivity contribution < 1.29 is 37.1 Å². The minimum absolute atomic E-state index is 0.148. The molecule has 0 bridgehead atoms. The fraction of sp³-hybridized carbons (Fsp3) is 0.682. The largest absolute Gasteiger partial charge is 0.490 e. The summed E-state index contributed by atoms with van der Waals surface area (Å²) in [5.74, 6) is -2.08. The quantitative estimate of drug-likeness (QED) is 0.635. The highest BCUT2D eigenvalue weighted by molar-refractivity contribution is 6.39. The van der Waals surface area contributed by atoms with Crippen LogP contribution in [-0.4, -0.2) is 81.2 Å². The van der Waals surface area contributed by atoms with E-state index < -0.39 is 23.4 Å². The van der Waals surface area contributed by atoms with Gasteiger partial charge < -0.3 is 19.7 Å². The second-order valence-corrected chi connectivity index (χ2v) is 9.74. The fourth-order valence-electron chi connectivity index (χ4n) is 4.75. The molecule has 2 saturated heterocycles. The van der Waals surface area contributed by atoms with Gasteiger partial charge in [0.1, 0.15) is 11.4 Å². The van der Waals surface area contributed by atoms with Crippen molar-refractivity contribution in [3.8, 4) is 0 Å². The Bertz CT molecular complexity index is 1020. The molecule has 0 radical (unpaired) electrons. The summed E-state index contributed by atoms with van der Waals surface area (Å²) in [6, 6.07) is 1.95. The lowest BCUT2D eigenvalue weighted by Crippen LogP contribution is -2.63. The van der Waals surface area contributed by atoms with Crippen molar-refractivity contribution >= 4 is 23.5 Å². The third-order valence-electron chi connectivity index (χ3n) is 6.62. The Kier molecular flexibility index (Phi) is 6.39. The molecule has 1 amide bonds. The average molecular weight is 501 g/mol. The van der Waals surface area contributed by atoms with Gasteiger partial charge in [0.2, 0.25) is 5.95 Å². The number of carboxylic acids is 1. The number of carbonyl (C=O) groups excluding carboxylic acids is 1. The highest BCUT2D eigenvalue weighted by atomic mass is 19.4. The predicted molar refractivity (Wildman–Crippen MR) is 116 cm³/mol. The molecule has 1 saturated carbocycles. The predicted octanol–water partition coefficient (Wildman–Crippen LogP) is 2.80. The molecule has 5 rings (SSSR count). The van der Waals surface area contributed by atoms with Crippen LogP contribution in [-0.2, 0) is 14.4 Å². The minimum Gasteiger partial charge on any atom is -0.475 e. The van der Waals surface area contributed by atoms with Crippen LogP contribution in [0.3, 0.4) is 0 Å². The van der Waals surface area contributed by atoms with Gasteiger partial charge in [-0.2, -0.15) is 13.2 Å². The molecule has 13 heteroatoms. The van der Waals surface area contributed by atoms with Crippen molar-refractivity contribution in [3.05, 3.63) is 17.5 Å². The average Bonchev–Trinajstić information content (AvgIpc) is 3.53. The van der Waals surface area contributed by atoms with Crippen LogP contribution >= 0.6 is 0 Å².